The van der Waals surface area contributed by atoms with Crippen LogP contribution in [0.25, 0.3) is 0 Å². The Kier molecular flexibility index (Phi) is 5.88. The van der Waals surface area contributed by atoms with E-state index in [2.05, 4.69) is 51.6 Å². The van der Waals surface area contributed by atoms with Crippen LogP contribution in [-0.4, -0.2) is 23.1 Å². The second kappa shape index (κ2) is 5.64. The lowest BCUT2D eigenvalue weighted by Gasteiger charge is -2.42. The van der Waals surface area contributed by atoms with Gasteiger partial charge in [0.15, 0.2) is 0 Å². The Hall–Kier alpha value is 0.620. The van der Waals surface area contributed by atoms with E-state index < -0.39 is 9.25 Å². The molecule has 0 saturated carbocycles. The molecule has 0 aromatic rings. The van der Waals surface area contributed by atoms with Gasteiger partial charge in [-0.1, -0.05) is 34.6 Å². The summed E-state index contributed by atoms with van der Waals surface area (Å²) in [6, 6.07) is 0.562. The van der Waals surface area contributed by atoms with Gasteiger partial charge in [0.2, 0.25) is 0 Å². The summed E-state index contributed by atoms with van der Waals surface area (Å²) in [7, 11) is -1.24. The Balaban J connectivity index is 3.78. The van der Waals surface area contributed by atoms with E-state index in [0.29, 0.717) is 6.04 Å². The second-order valence-electron chi connectivity index (χ2n) is 5.03. The van der Waals surface area contributed by atoms with Crippen molar-refractivity contribution in [1.29, 1.82) is 0 Å². The summed E-state index contributed by atoms with van der Waals surface area (Å²) < 4.78 is 0.133. The number of nitrogens with one attached hydrogen (secondary N) is 1. The minimum absolute atomic E-state index is 0.133. The Labute approximate surface area is 95.7 Å². The number of thiol groups is 1. The van der Waals surface area contributed by atoms with Crippen LogP contribution in [0.3, 0.4) is 0 Å². The van der Waals surface area contributed by atoms with Crippen molar-refractivity contribution < 1.29 is 0 Å². The minimum Gasteiger partial charge on any atom is -0.315 e. The maximum absolute atomic E-state index is 6.23. The van der Waals surface area contributed by atoms with Crippen LogP contribution in [0.15, 0.2) is 0 Å². The molecule has 0 heterocycles. The van der Waals surface area contributed by atoms with E-state index in [1.807, 2.05) is 0 Å². The van der Waals surface area contributed by atoms with Crippen LogP contribution in [-0.2, 0) is 0 Å². The predicted molar refractivity (Wildman–Crippen MR) is 73.1 cm³/mol. The summed E-state index contributed by atoms with van der Waals surface area (Å²) in [4.78, 5) is 0. The molecular weight excluding hydrogens is 212 g/mol. The second-order valence-corrected chi connectivity index (χ2v) is 10.1. The van der Waals surface area contributed by atoms with Gasteiger partial charge in [-0.2, -0.15) is 0 Å². The molecule has 0 aromatic heterocycles. The molecule has 0 amide bonds. The molecule has 1 unspecified atom stereocenters. The maximum Gasteiger partial charge on any atom is 0.0117 e. The summed E-state index contributed by atoms with van der Waals surface area (Å²) in [6.07, 6.45) is 1.12. The first-order valence-corrected chi connectivity index (χ1v) is 8.13. The summed E-state index contributed by atoms with van der Waals surface area (Å²) >= 11 is 4.63. The van der Waals surface area contributed by atoms with Crippen LogP contribution in [0.5, 0.6) is 0 Å². The zero-order chi connectivity index (χ0) is 11.4. The van der Waals surface area contributed by atoms with E-state index in [9.17, 15) is 0 Å². The Morgan fingerprint density at radius 3 is 2.21 bits per heavy atom. The lowest BCUT2D eigenvalue weighted by Crippen LogP contribution is -2.31. The van der Waals surface area contributed by atoms with Crippen molar-refractivity contribution in [3.05, 3.63) is 0 Å². The molecule has 3 N–H and O–H groups in total. The van der Waals surface area contributed by atoms with E-state index >= 15 is 0 Å². The normalized spacial score (nSPS) is 19.4. The van der Waals surface area contributed by atoms with Crippen molar-refractivity contribution in [2.45, 2.75) is 51.8 Å². The Morgan fingerprint density at radius 2 is 1.86 bits per heavy atom. The predicted octanol–water partition coefficient (Wildman–Crippen LogP) is 2.70. The van der Waals surface area contributed by atoms with E-state index in [1.165, 1.54) is 0 Å². The van der Waals surface area contributed by atoms with Gasteiger partial charge in [-0.05, 0) is 18.7 Å². The zero-order valence-electron chi connectivity index (χ0n) is 10.1. The van der Waals surface area contributed by atoms with E-state index in [-0.39, 0.29) is 4.75 Å². The van der Waals surface area contributed by atoms with Crippen LogP contribution in [0.4, 0.5) is 0 Å². The van der Waals surface area contributed by atoms with E-state index in [4.69, 9.17) is 5.14 Å². The summed E-state index contributed by atoms with van der Waals surface area (Å²) in [5.74, 6) is 1.03. The highest BCUT2D eigenvalue weighted by Crippen LogP contribution is 2.56. The molecular formula is C10H26N2S2. The van der Waals surface area contributed by atoms with Crippen LogP contribution in [0, 0.1) is 0 Å². The van der Waals surface area contributed by atoms with Crippen LogP contribution in [0.2, 0.25) is 0 Å². The molecule has 0 aliphatic rings. The molecule has 1 atom stereocenters. The highest BCUT2D eigenvalue weighted by atomic mass is 33.1. The molecule has 0 aliphatic carbocycles. The van der Waals surface area contributed by atoms with Gasteiger partial charge >= 0.3 is 0 Å². The fourth-order valence-corrected chi connectivity index (χ4v) is 2.57. The third-order valence-corrected chi connectivity index (χ3v) is 7.47. The molecule has 0 bridgehead atoms. The highest BCUT2D eigenvalue weighted by molar-refractivity contribution is 8.87. The quantitative estimate of drug-likeness (QED) is 0.391. The molecule has 0 fully saturated rings. The van der Waals surface area contributed by atoms with Gasteiger partial charge in [0, 0.05) is 10.8 Å². The fraction of sp³-hybridized carbons (Fsp3) is 1.00. The number of hydrogen-bond acceptors (Lipinski definition) is 3. The zero-order valence-corrected chi connectivity index (χ0v) is 11.8. The Bertz CT molecular complexity index is 162. The third kappa shape index (κ3) is 5.49. The van der Waals surface area contributed by atoms with Gasteiger partial charge in [-0.25, -0.2) is 0 Å². The van der Waals surface area contributed by atoms with Crippen molar-refractivity contribution in [3.63, 3.8) is 0 Å². The number of nitrogens with two attached hydrogens (primary N) is 1. The number of rotatable bonds is 5. The van der Waals surface area contributed by atoms with Gasteiger partial charge in [-0.15, -0.1) is 20.9 Å². The fourth-order valence-electron chi connectivity index (χ4n) is 0.989. The molecule has 0 aromatic carbocycles. The smallest absolute Gasteiger partial charge is 0.0117 e. The molecule has 2 nitrogen and oxygen atoms in total. The van der Waals surface area contributed by atoms with Crippen molar-refractivity contribution in [2.75, 3.05) is 12.3 Å². The minimum atomic E-state index is -1.24. The van der Waals surface area contributed by atoms with Crippen molar-refractivity contribution in [1.82, 2.24) is 5.32 Å². The third-order valence-electron chi connectivity index (χ3n) is 2.25. The summed E-state index contributed by atoms with van der Waals surface area (Å²) in [5, 5.41) is 9.62. The molecule has 0 spiro atoms. The first-order valence-electron chi connectivity index (χ1n) is 5.21. The highest BCUT2D eigenvalue weighted by Gasteiger charge is 2.28. The SMILES string of the molecule is CC(C)NCCCS(N)(S)C(C)(C)C. The monoisotopic (exact) mass is 238 g/mol. The topological polar surface area (TPSA) is 38.0 Å². The van der Waals surface area contributed by atoms with Gasteiger partial charge in [-0.3, -0.25) is 5.14 Å². The average molecular weight is 238 g/mol. The largest absolute Gasteiger partial charge is 0.315 e. The van der Waals surface area contributed by atoms with Crippen LogP contribution in [0.1, 0.15) is 41.0 Å². The molecule has 0 radical (unpaired) electrons. The first-order chi connectivity index (χ1) is 6.17. The molecule has 88 valence electrons. The molecule has 0 aliphatic heterocycles. The lowest BCUT2D eigenvalue weighted by atomic mass is 10.3. The number of hydrogen-bond donors (Lipinski definition) is 3. The van der Waals surface area contributed by atoms with Crippen molar-refractivity contribution in [2.24, 2.45) is 5.14 Å². The van der Waals surface area contributed by atoms with E-state index in [1.54, 1.807) is 0 Å². The van der Waals surface area contributed by atoms with Gasteiger partial charge in [0.25, 0.3) is 0 Å². The van der Waals surface area contributed by atoms with E-state index in [0.717, 1.165) is 18.7 Å². The van der Waals surface area contributed by atoms with Gasteiger partial charge in [0.1, 0.15) is 0 Å². The molecule has 14 heavy (non-hydrogen) atoms. The van der Waals surface area contributed by atoms with Gasteiger partial charge in [0.05, 0.1) is 0 Å². The summed E-state index contributed by atoms with van der Waals surface area (Å²) in [5.41, 5.74) is 0. The average Bonchev–Trinajstić information content (AvgIpc) is 1.95. The van der Waals surface area contributed by atoms with Crippen molar-refractivity contribution in [3.8, 4) is 0 Å². The molecule has 4 heteroatoms. The first kappa shape index (κ1) is 14.6. The Morgan fingerprint density at radius 1 is 1.36 bits per heavy atom. The maximum atomic E-state index is 6.23. The van der Waals surface area contributed by atoms with Crippen molar-refractivity contribution >= 4 is 20.9 Å². The van der Waals surface area contributed by atoms with Crippen LogP contribution < -0.4 is 10.5 Å². The molecule has 0 rings (SSSR count). The standard InChI is InChI=1S/C10H26N2S2/c1-9(2)12-7-6-8-14(11,13)10(3,4)5/h9,12-13H,6-8,11H2,1-5H3. The van der Waals surface area contributed by atoms with Gasteiger partial charge < -0.3 is 5.32 Å². The molecule has 0 saturated heterocycles. The summed E-state index contributed by atoms with van der Waals surface area (Å²) in [6.45, 7) is 11.9. The van der Waals surface area contributed by atoms with Crippen LogP contribution >= 0.6 is 20.9 Å². The lowest BCUT2D eigenvalue weighted by molar-refractivity contribution is 0.584.